The van der Waals surface area contributed by atoms with E-state index < -0.39 is 11.9 Å². The van der Waals surface area contributed by atoms with Gasteiger partial charge >= 0.3 is 5.97 Å². The molecule has 0 aliphatic heterocycles. The summed E-state index contributed by atoms with van der Waals surface area (Å²) in [5.41, 5.74) is 1.68. The smallest absolute Gasteiger partial charge is 0.339 e. The summed E-state index contributed by atoms with van der Waals surface area (Å²) in [6.07, 6.45) is 0. The van der Waals surface area contributed by atoms with Gasteiger partial charge in [-0.3, -0.25) is 4.79 Å². The van der Waals surface area contributed by atoms with Crippen molar-refractivity contribution in [3.8, 4) is 16.9 Å². The van der Waals surface area contributed by atoms with Gasteiger partial charge in [0.1, 0.15) is 16.3 Å². The number of carbonyl (C=O) groups excluding carboxylic acids is 1. The van der Waals surface area contributed by atoms with E-state index in [4.69, 9.17) is 16.3 Å². The Kier molecular flexibility index (Phi) is 5.31. The van der Waals surface area contributed by atoms with Crippen LogP contribution in [0.5, 0.6) is 5.75 Å². The Labute approximate surface area is 162 Å². The van der Waals surface area contributed by atoms with Crippen molar-refractivity contribution in [3.63, 3.8) is 0 Å². The molecule has 0 unspecified atom stereocenters. The molecule has 0 saturated carbocycles. The summed E-state index contributed by atoms with van der Waals surface area (Å²) in [5.74, 6) is -1.02. The number of nitrogens with one attached hydrogen (secondary N) is 1. The van der Waals surface area contributed by atoms with E-state index >= 15 is 0 Å². The fourth-order valence-electron chi connectivity index (χ4n) is 2.53. The highest BCUT2D eigenvalue weighted by Gasteiger charge is 2.23. The Morgan fingerprint density at radius 3 is 2.46 bits per heavy atom. The van der Waals surface area contributed by atoms with Crippen molar-refractivity contribution in [3.05, 3.63) is 56.1 Å². The first-order valence-corrected chi connectivity index (χ1v) is 9.60. The molecule has 134 valence electrons. The van der Waals surface area contributed by atoms with Crippen molar-refractivity contribution < 1.29 is 19.4 Å². The summed E-state index contributed by atoms with van der Waals surface area (Å²) in [6, 6.07) is 6.87. The highest BCUT2D eigenvalue weighted by Crippen LogP contribution is 2.37. The molecular formula is C18H14ClNO4S2. The van der Waals surface area contributed by atoms with E-state index in [1.165, 1.54) is 18.4 Å². The molecule has 3 rings (SSSR count). The third-order valence-corrected chi connectivity index (χ3v) is 5.79. The lowest BCUT2D eigenvalue weighted by molar-refractivity contribution is 0.0699. The summed E-state index contributed by atoms with van der Waals surface area (Å²) in [6.45, 7) is 1.85. The molecule has 0 aliphatic carbocycles. The minimum Gasteiger partial charge on any atom is -0.495 e. The predicted molar refractivity (Wildman–Crippen MR) is 105 cm³/mol. The van der Waals surface area contributed by atoms with E-state index in [1.807, 2.05) is 6.92 Å². The number of halogens is 1. The molecule has 0 atom stereocenters. The van der Waals surface area contributed by atoms with Crippen LogP contribution in [0.25, 0.3) is 11.1 Å². The number of hydrogen-bond acceptors (Lipinski definition) is 5. The second-order valence-corrected chi connectivity index (χ2v) is 7.76. The number of ether oxygens (including phenoxy) is 1. The van der Waals surface area contributed by atoms with Crippen LogP contribution in [0.4, 0.5) is 5.00 Å². The fourth-order valence-corrected chi connectivity index (χ4v) is 4.42. The zero-order valence-corrected chi connectivity index (χ0v) is 16.2. The monoisotopic (exact) mass is 407 g/mol. The average Bonchev–Trinajstić information content (AvgIpc) is 3.19. The van der Waals surface area contributed by atoms with E-state index in [9.17, 15) is 14.7 Å². The molecule has 0 saturated heterocycles. The van der Waals surface area contributed by atoms with E-state index in [-0.39, 0.29) is 10.6 Å². The number of rotatable bonds is 5. The Bertz CT molecular complexity index is 976. The Hall–Kier alpha value is -2.35. The molecule has 5 nitrogen and oxygen atoms in total. The van der Waals surface area contributed by atoms with Crippen LogP contribution in [0.3, 0.4) is 0 Å². The Morgan fingerprint density at radius 1 is 1.15 bits per heavy atom. The highest BCUT2D eigenvalue weighted by molar-refractivity contribution is 7.15. The standard InChI is InChI=1S/C18H14ClNO4S2/c1-9-15(24-2)13(8-25-9)16(21)20-17-14(18(22)23)12(7-26-17)10-3-5-11(19)6-4-10/h3-8H,1-2H3,(H,20,21)(H,22,23). The van der Waals surface area contributed by atoms with Crippen molar-refractivity contribution in [1.29, 1.82) is 0 Å². The van der Waals surface area contributed by atoms with Gasteiger partial charge in [0.15, 0.2) is 0 Å². The molecule has 3 aromatic rings. The first-order chi connectivity index (χ1) is 12.4. The van der Waals surface area contributed by atoms with Gasteiger partial charge in [-0.2, -0.15) is 0 Å². The van der Waals surface area contributed by atoms with Crippen molar-refractivity contribution >= 4 is 51.2 Å². The molecule has 2 aromatic heterocycles. The maximum absolute atomic E-state index is 12.6. The van der Waals surface area contributed by atoms with Gasteiger partial charge < -0.3 is 15.2 Å². The van der Waals surface area contributed by atoms with Gasteiger partial charge in [-0.25, -0.2) is 4.79 Å². The summed E-state index contributed by atoms with van der Waals surface area (Å²) in [5, 5.41) is 16.6. The van der Waals surface area contributed by atoms with Gasteiger partial charge in [0.25, 0.3) is 5.91 Å². The lowest BCUT2D eigenvalue weighted by atomic mass is 10.0. The second-order valence-electron chi connectivity index (χ2n) is 5.36. The number of methoxy groups -OCH3 is 1. The summed E-state index contributed by atoms with van der Waals surface area (Å²) >= 11 is 8.45. The topological polar surface area (TPSA) is 75.6 Å². The lowest BCUT2D eigenvalue weighted by Gasteiger charge is -2.07. The molecule has 1 aromatic carbocycles. The number of carboxylic acids is 1. The SMILES string of the molecule is COc1c(C(=O)Nc2scc(-c3ccc(Cl)cc3)c2C(=O)O)csc1C. The van der Waals surface area contributed by atoms with Crippen LogP contribution in [0, 0.1) is 6.92 Å². The number of hydrogen-bond donors (Lipinski definition) is 2. The maximum Gasteiger partial charge on any atom is 0.339 e. The summed E-state index contributed by atoms with van der Waals surface area (Å²) < 4.78 is 5.26. The number of thiophene rings is 2. The van der Waals surface area contributed by atoms with E-state index in [1.54, 1.807) is 35.0 Å². The van der Waals surface area contributed by atoms with Gasteiger partial charge in [0.2, 0.25) is 0 Å². The maximum atomic E-state index is 12.6. The number of anilines is 1. The number of benzene rings is 1. The Morgan fingerprint density at radius 2 is 1.85 bits per heavy atom. The summed E-state index contributed by atoms with van der Waals surface area (Å²) in [7, 11) is 1.50. The van der Waals surface area contributed by atoms with Gasteiger partial charge in [0, 0.05) is 26.2 Å². The van der Waals surface area contributed by atoms with Crippen LogP contribution < -0.4 is 10.1 Å². The number of amides is 1. The zero-order valence-electron chi connectivity index (χ0n) is 13.8. The molecule has 8 heteroatoms. The summed E-state index contributed by atoms with van der Waals surface area (Å²) in [4.78, 5) is 25.3. The number of aryl methyl sites for hydroxylation is 1. The molecule has 0 spiro atoms. The van der Waals surface area contributed by atoms with Crippen molar-refractivity contribution in [2.45, 2.75) is 6.92 Å². The van der Waals surface area contributed by atoms with Crippen LogP contribution in [-0.4, -0.2) is 24.1 Å². The first-order valence-electron chi connectivity index (χ1n) is 7.46. The van der Waals surface area contributed by atoms with Crippen molar-refractivity contribution in [2.24, 2.45) is 0 Å². The van der Waals surface area contributed by atoms with Crippen LogP contribution in [-0.2, 0) is 0 Å². The minimum absolute atomic E-state index is 0.0524. The second kappa shape index (κ2) is 7.49. The van der Waals surface area contributed by atoms with Gasteiger partial charge in [-0.1, -0.05) is 23.7 Å². The number of aromatic carboxylic acids is 1. The molecular weight excluding hydrogens is 394 g/mol. The van der Waals surface area contributed by atoms with Crippen LogP contribution in [0.15, 0.2) is 35.0 Å². The van der Waals surface area contributed by atoms with Crippen molar-refractivity contribution in [2.75, 3.05) is 12.4 Å². The first kappa shape index (κ1) is 18.4. The Balaban J connectivity index is 1.97. The highest BCUT2D eigenvalue weighted by atomic mass is 35.5. The lowest BCUT2D eigenvalue weighted by Crippen LogP contribution is -2.13. The number of carbonyl (C=O) groups is 2. The van der Waals surface area contributed by atoms with Crippen molar-refractivity contribution in [1.82, 2.24) is 0 Å². The number of carboxylic acid groups (broad SMARTS) is 1. The molecule has 2 N–H and O–H groups in total. The average molecular weight is 408 g/mol. The van der Waals surface area contributed by atoms with Gasteiger partial charge in [-0.05, 0) is 24.6 Å². The normalized spacial score (nSPS) is 10.6. The van der Waals surface area contributed by atoms with Crippen LogP contribution in [0.1, 0.15) is 25.6 Å². The van der Waals surface area contributed by atoms with Crippen LogP contribution in [0.2, 0.25) is 5.02 Å². The van der Waals surface area contributed by atoms with E-state index in [0.29, 0.717) is 27.5 Å². The fraction of sp³-hybridized carbons (Fsp3) is 0.111. The molecule has 0 aliphatic rings. The van der Waals surface area contributed by atoms with Crippen LogP contribution >= 0.6 is 34.3 Å². The predicted octanol–water partition coefficient (Wildman–Crippen LogP) is 5.40. The molecule has 1 amide bonds. The van der Waals surface area contributed by atoms with Gasteiger partial charge in [-0.15, -0.1) is 22.7 Å². The molecule has 26 heavy (non-hydrogen) atoms. The quantitative estimate of drug-likeness (QED) is 0.593. The van der Waals surface area contributed by atoms with E-state index in [2.05, 4.69) is 5.32 Å². The third kappa shape index (κ3) is 3.46. The molecule has 0 bridgehead atoms. The van der Waals surface area contributed by atoms with E-state index in [0.717, 1.165) is 16.2 Å². The third-order valence-electron chi connectivity index (χ3n) is 3.75. The molecule has 0 radical (unpaired) electrons. The molecule has 2 heterocycles. The minimum atomic E-state index is -1.11. The molecule has 0 fully saturated rings. The van der Waals surface area contributed by atoms with Gasteiger partial charge in [0.05, 0.1) is 12.7 Å². The zero-order chi connectivity index (χ0) is 18.8. The largest absolute Gasteiger partial charge is 0.495 e.